The molecule has 0 atom stereocenters. The molecule has 2 heteroatoms. The minimum atomic E-state index is 0.954. The van der Waals surface area contributed by atoms with E-state index in [4.69, 9.17) is 4.98 Å². The van der Waals surface area contributed by atoms with Crippen molar-refractivity contribution < 1.29 is 0 Å². The molecular weight excluding hydrogens is 268 g/mol. The fourth-order valence-electron chi connectivity index (χ4n) is 2.77. The van der Waals surface area contributed by atoms with Gasteiger partial charge >= 0.3 is 0 Å². The van der Waals surface area contributed by atoms with Gasteiger partial charge in [-0.2, -0.15) is 0 Å². The van der Waals surface area contributed by atoms with Crippen LogP contribution in [-0.4, -0.2) is 9.55 Å². The van der Waals surface area contributed by atoms with Crippen LogP contribution in [0.1, 0.15) is 24.6 Å². The number of aryl methyl sites for hydroxylation is 3. The molecule has 0 unspecified atom stereocenters. The third-order valence-electron chi connectivity index (χ3n) is 3.94. The van der Waals surface area contributed by atoms with Gasteiger partial charge in [0.2, 0.25) is 0 Å². The van der Waals surface area contributed by atoms with E-state index < -0.39 is 0 Å². The third-order valence-corrected chi connectivity index (χ3v) is 3.94. The van der Waals surface area contributed by atoms with Crippen molar-refractivity contribution in [3.63, 3.8) is 0 Å². The van der Waals surface area contributed by atoms with Crippen LogP contribution >= 0.6 is 0 Å². The molecule has 0 amide bonds. The summed E-state index contributed by atoms with van der Waals surface area (Å²) in [7, 11) is 0. The van der Waals surface area contributed by atoms with Crippen molar-refractivity contribution in [2.45, 2.75) is 32.7 Å². The lowest BCUT2D eigenvalue weighted by Crippen LogP contribution is -1.95. The summed E-state index contributed by atoms with van der Waals surface area (Å²) < 4.78 is 2.24. The number of rotatable bonds is 6. The van der Waals surface area contributed by atoms with Gasteiger partial charge in [0.15, 0.2) is 0 Å². The Morgan fingerprint density at radius 1 is 0.864 bits per heavy atom. The molecule has 0 aliphatic rings. The van der Waals surface area contributed by atoms with E-state index in [-0.39, 0.29) is 0 Å². The van der Waals surface area contributed by atoms with E-state index in [2.05, 4.69) is 72.3 Å². The number of hydrogen-bond donors (Lipinski definition) is 0. The van der Waals surface area contributed by atoms with Crippen LogP contribution in [0.2, 0.25) is 0 Å². The second kappa shape index (κ2) is 7.08. The minimum absolute atomic E-state index is 0.954. The first kappa shape index (κ1) is 14.6. The number of aromatic nitrogens is 2. The van der Waals surface area contributed by atoms with Crippen molar-refractivity contribution in [1.29, 1.82) is 0 Å². The smallest absolute Gasteiger partial charge is 0.140 e. The van der Waals surface area contributed by atoms with Crippen molar-refractivity contribution >= 4 is 0 Å². The van der Waals surface area contributed by atoms with E-state index in [0.717, 1.165) is 31.6 Å². The Hall–Kier alpha value is -2.35. The normalized spacial score (nSPS) is 10.8. The highest BCUT2D eigenvalue weighted by atomic mass is 15.1. The Labute approximate surface area is 132 Å². The molecule has 0 saturated heterocycles. The highest BCUT2D eigenvalue weighted by molar-refractivity contribution is 5.55. The second-order valence-corrected chi connectivity index (χ2v) is 5.55. The maximum atomic E-state index is 4.85. The van der Waals surface area contributed by atoms with Crippen LogP contribution in [0.5, 0.6) is 0 Å². The lowest BCUT2D eigenvalue weighted by Gasteiger charge is -2.03. The lowest BCUT2D eigenvalue weighted by molar-refractivity contribution is 0.764. The van der Waals surface area contributed by atoms with E-state index >= 15 is 0 Å². The third kappa shape index (κ3) is 3.45. The topological polar surface area (TPSA) is 17.8 Å². The van der Waals surface area contributed by atoms with Crippen molar-refractivity contribution in [2.75, 3.05) is 0 Å². The number of nitrogens with zero attached hydrogens (tertiary/aromatic N) is 2. The highest BCUT2D eigenvalue weighted by Gasteiger charge is 2.08. The van der Waals surface area contributed by atoms with E-state index in [1.54, 1.807) is 0 Å². The zero-order valence-electron chi connectivity index (χ0n) is 13.1. The zero-order chi connectivity index (χ0) is 15.2. The molecule has 112 valence electrons. The predicted octanol–water partition coefficient (Wildman–Crippen LogP) is 4.75. The standard InChI is InChI=1S/C20H22N2/c1-2-22-16-19(15-9-12-17-10-5-3-6-11-17)21-20(22)18-13-7-4-8-14-18/h3-8,10-11,13-14,16H,2,9,12,15H2,1H3. The van der Waals surface area contributed by atoms with Gasteiger partial charge in [-0.3, -0.25) is 0 Å². The van der Waals surface area contributed by atoms with Crippen LogP contribution < -0.4 is 0 Å². The van der Waals surface area contributed by atoms with Gasteiger partial charge in [0.1, 0.15) is 5.82 Å². The summed E-state index contributed by atoms with van der Waals surface area (Å²) in [5.74, 6) is 1.08. The fourth-order valence-corrected chi connectivity index (χ4v) is 2.77. The van der Waals surface area contributed by atoms with Gasteiger partial charge in [-0.1, -0.05) is 60.7 Å². The van der Waals surface area contributed by atoms with Crippen LogP contribution in [-0.2, 0) is 19.4 Å². The molecule has 1 heterocycles. The number of imidazole rings is 1. The molecule has 0 aliphatic heterocycles. The molecule has 3 rings (SSSR count). The zero-order valence-corrected chi connectivity index (χ0v) is 13.1. The van der Waals surface area contributed by atoms with Crippen LogP contribution in [0.15, 0.2) is 66.9 Å². The monoisotopic (exact) mass is 290 g/mol. The summed E-state index contributed by atoms with van der Waals surface area (Å²) in [5.41, 5.74) is 3.79. The fraction of sp³-hybridized carbons (Fsp3) is 0.250. The van der Waals surface area contributed by atoms with Gasteiger partial charge < -0.3 is 4.57 Å². The van der Waals surface area contributed by atoms with Gasteiger partial charge in [0, 0.05) is 18.3 Å². The van der Waals surface area contributed by atoms with Crippen molar-refractivity contribution in [3.05, 3.63) is 78.1 Å². The summed E-state index contributed by atoms with van der Waals surface area (Å²) in [6.45, 7) is 3.12. The number of benzene rings is 2. The Morgan fingerprint density at radius 3 is 2.23 bits per heavy atom. The maximum absolute atomic E-state index is 4.85. The quantitative estimate of drug-likeness (QED) is 0.641. The SMILES string of the molecule is CCn1cc(CCCc2ccccc2)nc1-c1ccccc1. The van der Waals surface area contributed by atoms with Crippen LogP contribution in [0.4, 0.5) is 0 Å². The molecule has 22 heavy (non-hydrogen) atoms. The molecule has 0 aliphatic carbocycles. The van der Waals surface area contributed by atoms with Gasteiger partial charge in [0.25, 0.3) is 0 Å². The van der Waals surface area contributed by atoms with Gasteiger partial charge in [-0.15, -0.1) is 0 Å². The highest BCUT2D eigenvalue weighted by Crippen LogP contribution is 2.19. The van der Waals surface area contributed by atoms with Crippen LogP contribution in [0.25, 0.3) is 11.4 Å². The lowest BCUT2D eigenvalue weighted by atomic mass is 10.1. The first-order valence-corrected chi connectivity index (χ1v) is 8.02. The maximum Gasteiger partial charge on any atom is 0.140 e. The molecule has 0 N–H and O–H groups in total. The van der Waals surface area contributed by atoms with Gasteiger partial charge in [-0.05, 0) is 31.7 Å². The molecule has 2 aromatic carbocycles. The second-order valence-electron chi connectivity index (χ2n) is 5.55. The Balaban J connectivity index is 1.69. The minimum Gasteiger partial charge on any atom is -0.331 e. The Morgan fingerprint density at radius 2 is 1.55 bits per heavy atom. The van der Waals surface area contributed by atoms with E-state index in [1.807, 2.05) is 6.07 Å². The Kier molecular flexibility index (Phi) is 4.69. The average molecular weight is 290 g/mol. The molecule has 1 aromatic heterocycles. The first-order chi connectivity index (χ1) is 10.9. The Bertz CT molecular complexity index is 699. The molecule has 0 saturated carbocycles. The molecular formula is C20H22N2. The van der Waals surface area contributed by atoms with Crippen LogP contribution in [0.3, 0.4) is 0 Å². The predicted molar refractivity (Wildman–Crippen MR) is 91.8 cm³/mol. The summed E-state index contributed by atoms with van der Waals surface area (Å²) in [4.78, 5) is 4.85. The van der Waals surface area contributed by atoms with Crippen LogP contribution in [0, 0.1) is 0 Å². The first-order valence-electron chi connectivity index (χ1n) is 8.02. The summed E-state index contributed by atoms with van der Waals surface area (Å²) in [5, 5.41) is 0. The number of hydrogen-bond acceptors (Lipinski definition) is 1. The molecule has 0 fully saturated rings. The molecule has 0 radical (unpaired) electrons. The average Bonchev–Trinajstić information content (AvgIpc) is 3.00. The summed E-state index contributed by atoms with van der Waals surface area (Å²) in [6, 6.07) is 21.1. The molecule has 0 spiro atoms. The largest absolute Gasteiger partial charge is 0.331 e. The molecule has 0 bridgehead atoms. The van der Waals surface area contributed by atoms with Crippen molar-refractivity contribution in [2.24, 2.45) is 0 Å². The van der Waals surface area contributed by atoms with E-state index in [9.17, 15) is 0 Å². The summed E-state index contributed by atoms with van der Waals surface area (Å²) >= 11 is 0. The van der Waals surface area contributed by atoms with E-state index in [0.29, 0.717) is 0 Å². The van der Waals surface area contributed by atoms with Crippen molar-refractivity contribution in [3.8, 4) is 11.4 Å². The summed E-state index contributed by atoms with van der Waals surface area (Å²) in [6.07, 6.45) is 5.48. The van der Waals surface area contributed by atoms with Gasteiger partial charge in [0.05, 0.1) is 5.69 Å². The van der Waals surface area contributed by atoms with Crippen molar-refractivity contribution in [1.82, 2.24) is 9.55 Å². The van der Waals surface area contributed by atoms with Gasteiger partial charge in [-0.25, -0.2) is 4.98 Å². The molecule has 3 aromatic rings. The van der Waals surface area contributed by atoms with E-state index in [1.165, 1.54) is 16.8 Å². The molecule has 2 nitrogen and oxygen atoms in total.